The van der Waals surface area contributed by atoms with E-state index in [-0.39, 0.29) is 26.2 Å². The molecule has 0 spiro atoms. The Morgan fingerprint density at radius 2 is 2.09 bits per heavy atom. The molecule has 0 aliphatic rings. The van der Waals surface area contributed by atoms with Gasteiger partial charge in [0.25, 0.3) is 0 Å². The molecule has 1 aromatic rings. The second-order valence-electron chi connectivity index (χ2n) is 1.96. The van der Waals surface area contributed by atoms with Gasteiger partial charge in [-0.1, -0.05) is 12.1 Å². The Morgan fingerprint density at radius 1 is 1.36 bits per heavy atom. The molecule has 0 nitrogen and oxygen atoms in total. The van der Waals surface area contributed by atoms with Crippen molar-refractivity contribution in [2.75, 3.05) is 0 Å². The first-order chi connectivity index (χ1) is 4.83. The van der Waals surface area contributed by atoms with Crippen molar-refractivity contribution in [2.24, 2.45) is 0 Å². The first-order valence-corrected chi connectivity index (χ1v) is 3.04. The number of halogens is 1. The summed E-state index contributed by atoms with van der Waals surface area (Å²) >= 11 is 0. The van der Waals surface area contributed by atoms with Crippen LogP contribution in [0.5, 0.6) is 0 Å². The van der Waals surface area contributed by atoms with E-state index >= 15 is 0 Å². The molecule has 0 saturated carbocycles. The molecule has 0 amide bonds. The normalized spacial score (nSPS) is 9.55. The van der Waals surface area contributed by atoms with Gasteiger partial charge in [-0.3, -0.25) is 0 Å². The summed E-state index contributed by atoms with van der Waals surface area (Å²) < 4.78 is 12.4. The van der Waals surface area contributed by atoms with Crippen LogP contribution >= 0.6 is 0 Å². The average molecular weight is 242 g/mol. The Kier molecular flexibility index (Phi) is 4.85. The molecule has 0 radical (unpaired) electrons. The van der Waals surface area contributed by atoms with Crippen molar-refractivity contribution in [1.29, 1.82) is 0 Å². The smallest absolute Gasteiger partial charge is 0.122 e. The molecule has 62 valence electrons. The minimum atomic E-state index is -0.212. The Labute approximate surface area is 79.8 Å². The third-order valence-electron chi connectivity index (χ3n) is 1.16. The van der Waals surface area contributed by atoms with Gasteiger partial charge in [-0.05, 0) is 12.1 Å². The van der Waals surface area contributed by atoms with Gasteiger partial charge in [0.2, 0.25) is 0 Å². The molecule has 0 unspecified atom stereocenters. The summed E-state index contributed by atoms with van der Waals surface area (Å²) in [7, 11) is 0. The van der Waals surface area contributed by atoms with Crippen LogP contribution in [0.3, 0.4) is 0 Å². The zero-order chi connectivity index (χ0) is 7.40. The van der Waals surface area contributed by atoms with Gasteiger partial charge in [0, 0.05) is 20.4 Å². The second kappa shape index (κ2) is 5.12. The van der Waals surface area contributed by atoms with Gasteiger partial charge in [0.15, 0.2) is 0 Å². The SMILES string of the molecule is [CH2-]C=Cc1cccc(F)c1.[Pd]. The van der Waals surface area contributed by atoms with Crippen molar-refractivity contribution in [3.05, 3.63) is 48.6 Å². The van der Waals surface area contributed by atoms with Crippen LogP contribution in [0.1, 0.15) is 5.56 Å². The van der Waals surface area contributed by atoms with Gasteiger partial charge in [0.05, 0.1) is 0 Å². The fourth-order valence-corrected chi connectivity index (χ4v) is 0.746. The van der Waals surface area contributed by atoms with Gasteiger partial charge in [-0.25, -0.2) is 23.5 Å². The fraction of sp³-hybridized carbons (Fsp3) is 0. The molecule has 11 heavy (non-hydrogen) atoms. The van der Waals surface area contributed by atoms with Crippen LogP contribution in [0.4, 0.5) is 4.39 Å². The van der Waals surface area contributed by atoms with Crippen LogP contribution in [0.15, 0.2) is 30.3 Å². The van der Waals surface area contributed by atoms with E-state index in [1.165, 1.54) is 12.1 Å². The van der Waals surface area contributed by atoms with E-state index in [0.717, 1.165) is 5.56 Å². The van der Waals surface area contributed by atoms with E-state index in [1.54, 1.807) is 18.2 Å². The maximum absolute atomic E-state index is 12.4. The number of rotatable bonds is 1. The first kappa shape index (κ1) is 10.4. The third kappa shape index (κ3) is 3.36. The molecule has 0 aliphatic heterocycles. The monoisotopic (exact) mass is 241 g/mol. The number of hydrogen-bond acceptors (Lipinski definition) is 0. The molecule has 0 aliphatic carbocycles. The summed E-state index contributed by atoms with van der Waals surface area (Å²) in [5.74, 6) is -0.212. The van der Waals surface area contributed by atoms with Crippen LogP contribution in [0.2, 0.25) is 0 Å². The Balaban J connectivity index is 0.000001000. The van der Waals surface area contributed by atoms with Crippen LogP contribution in [-0.4, -0.2) is 0 Å². The van der Waals surface area contributed by atoms with Crippen LogP contribution in [-0.2, 0) is 20.4 Å². The zero-order valence-electron chi connectivity index (χ0n) is 5.87. The molecule has 0 bridgehead atoms. The van der Waals surface area contributed by atoms with E-state index in [9.17, 15) is 4.39 Å². The van der Waals surface area contributed by atoms with E-state index in [0.29, 0.717) is 0 Å². The van der Waals surface area contributed by atoms with Crippen molar-refractivity contribution in [3.8, 4) is 0 Å². The second-order valence-corrected chi connectivity index (χ2v) is 1.96. The van der Waals surface area contributed by atoms with Crippen molar-refractivity contribution >= 4 is 6.08 Å². The van der Waals surface area contributed by atoms with Crippen molar-refractivity contribution in [1.82, 2.24) is 0 Å². The largest absolute Gasteiger partial charge is 0.245 e. The van der Waals surface area contributed by atoms with Crippen LogP contribution in [0, 0.1) is 12.7 Å². The van der Waals surface area contributed by atoms with E-state index in [4.69, 9.17) is 0 Å². The topological polar surface area (TPSA) is 0 Å². The molecule has 0 fully saturated rings. The predicted molar refractivity (Wildman–Crippen MR) is 40.8 cm³/mol. The molecule has 0 N–H and O–H groups in total. The Morgan fingerprint density at radius 3 is 2.64 bits per heavy atom. The number of hydrogen-bond donors (Lipinski definition) is 0. The molecular weight excluding hydrogens is 234 g/mol. The van der Waals surface area contributed by atoms with Gasteiger partial charge in [-0.2, -0.15) is 0 Å². The van der Waals surface area contributed by atoms with Gasteiger partial charge < -0.3 is 0 Å². The van der Waals surface area contributed by atoms with Gasteiger partial charge >= 0.3 is 0 Å². The van der Waals surface area contributed by atoms with Crippen LogP contribution in [0.25, 0.3) is 6.08 Å². The summed E-state index contributed by atoms with van der Waals surface area (Å²) in [6.45, 7) is 3.51. The third-order valence-corrected chi connectivity index (χ3v) is 1.16. The predicted octanol–water partition coefficient (Wildman–Crippen LogP) is 2.67. The van der Waals surface area contributed by atoms with Gasteiger partial charge in [0.1, 0.15) is 5.82 Å². The number of allylic oxidation sites excluding steroid dienone is 1. The summed E-state index contributed by atoms with van der Waals surface area (Å²) in [5.41, 5.74) is 0.843. The molecule has 0 saturated heterocycles. The molecule has 1 aromatic carbocycles. The van der Waals surface area contributed by atoms with Crippen molar-refractivity contribution < 1.29 is 24.8 Å². The molecule has 0 heterocycles. The van der Waals surface area contributed by atoms with E-state index in [2.05, 4.69) is 6.92 Å². The first-order valence-electron chi connectivity index (χ1n) is 3.04. The average Bonchev–Trinajstić information content (AvgIpc) is 1.88. The Bertz CT molecular complexity index is 243. The minimum absolute atomic E-state index is 0. The summed E-state index contributed by atoms with van der Waals surface area (Å²) in [5, 5.41) is 0. The zero-order valence-corrected chi connectivity index (χ0v) is 7.42. The minimum Gasteiger partial charge on any atom is -0.245 e. The molecular formula is C9H8FPd-. The fourth-order valence-electron chi connectivity index (χ4n) is 0.746. The quantitative estimate of drug-likeness (QED) is 0.524. The van der Waals surface area contributed by atoms with E-state index in [1.807, 2.05) is 6.07 Å². The van der Waals surface area contributed by atoms with Crippen LogP contribution < -0.4 is 0 Å². The van der Waals surface area contributed by atoms with Crippen molar-refractivity contribution in [2.45, 2.75) is 0 Å². The standard InChI is InChI=1S/C9H8F.Pd/c1-2-4-8-5-3-6-9(10)7-8;/h2-7H,1H2;/q-1;. The summed E-state index contributed by atoms with van der Waals surface area (Å²) in [6, 6.07) is 6.37. The Hall–Kier alpha value is -0.578. The van der Waals surface area contributed by atoms with E-state index < -0.39 is 0 Å². The van der Waals surface area contributed by atoms with Gasteiger partial charge in [-0.15, -0.1) is 5.56 Å². The van der Waals surface area contributed by atoms with Crippen molar-refractivity contribution in [3.63, 3.8) is 0 Å². The summed E-state index contributed by atoms with van der Waals surface area (Å²) in [6.07, 6.45) is 3.39. The number of benzene rings is 1. The summed E-state index contributed by atoms with van der Waals surface area (Å²) in [4.78, 5) is 0. The molecule has 1 rings (SSSR count). The molecule has 0 aromatic heterocycles. The maximum Gasteiger partial charge on any atom is 0.122 e. The molecule has 2 heteroatoms. The maximum atomic E-state index is 12.4. The molecule has 0 atom stereocenters.